The molecule has 1 fully saturated rings. The standard InChI is InChI=1S/C15H24N4O/c1-3-11(2)18-15(20)13-9-14(17-10-16-13)19-12-7-5-4-6-8-12/h9-12H,3-8H2,1-2H3,(H,18,20)(H,16,17,19). The van der Waals surface area contributed by atoms with Gasteiger partial charge in [0.05, 0.1) is 0 Å². The lowest BCUT2D eigenvalue weighted by molar-refractivity contribution is 0.0934. The van der Waals surface area contributed by atoms with Crippen LogP contribution in [0.4, 0.5) is 5.82 Å². The molecule has 1 aromatic rings. The smallest absolute Gasteiger partial charge is 0.270 e. The van der Waals surface area contributed by atoms with Crippen LogP contribution in [0.25, 0.3) is 0 Å². The van der Waals surface area contributed by atoms with Crippen molar-refractivity contribution in [2.45, 2.75) is 64.5 Å². The highest BCUT2D eigenvalue weighted by Crippen LogP contribution is 2.20. The van der Waals surface area contributed by atoms with Crippen LogP contribution in [-0.2, 0) is 0 Å². The van der Waals surface area contributed by atoms with Crippen LogP contribution in [0.15, 0.2) is 12.4 Å². The molecule has 2 rings (SSSR count). The second kappa shape index (κ2) is 7.22. The lowest BCUT2D eigenvalue weighted by atomic mass is 9.95. The van der Waals surface area contributed by atoms with E-state index in [-0.39, 0.29) is 11.9 Å². The van der Waals surface area contributed by atoms with Crippen molar-refractivity contribution in [1.82, 2.24) is 15.3 Å². The molecule has 1 amide bonds. The van der Waals surface area contributed by atoms with Gasteiger partial charge in [0, 0.05) is 18.2 Å². The Balaban J connectivity index is 1.97. The van der Waals surface area contributed by atoms with Gasteiger partial charge in [-0.2, -0.15) is 0 Å². The van der Waals surface area contributed by atoms with Crippen molar-refractivity contribution in [2.75, 3.05) is 5.32 Å². The second-order valence-corrected chi connectivity index (χ2v) is 5.55. The van der Waals surface area contributed by atoms with Gasteiger partial charge >= 0.3 is 0 Å². The third-order valence-electron chi connectivity index (χ3n) is 3.85. The molecule has 1 heterocycles. The number of nitrogens with zero attached hydrogens (tertiary/aromatic N) is 2. The van der Waals surface area contributed by atoms with Gasteiger partial charge in [-0.3, -0.25) is 4.79 Å². The van der Waals surface area contributed by atoms with Gasteiger partial charge in [0.25, 0.3) is 5.91 Å². The largest absolute Gasteiger partial charge is 0.367 e. The molecule has 1 unspecified atom stereocenters. The van der Waals surface area contributed by atoms with E-state index in [1.165, 1.54) is 38.4 Å². The minimum atomic E-state index is -0.131. The summed E-state index contributed by atoms with van der Waals surface area (Å²) in [5.41, 5.74) is 0.429. The molecule has 0 spiro atoms. The van der Waals surface area contributed by atoms with E-state index in [9.17, 15) is 4.79 Å². The Labute approximate surface area is 120 Å². The summed E-state index contributed by atoms with van der Waals surface area (Å²) >= 11 is 0. The van der Waals surface area contributed by atoms with Gasteiger partial charge < -0.3 is 10.6 Å². The number of aromatic nitrogens is 2. The highest BCUT2D eigenvalue weighted by Gasteiger charge is 2.15. The van der Waals surface area contributed by atoms with Crippen molar-refractivity contribution in [1.29, 1.82) is 0 Å². The number of anilines is 1. The van der Waals surface area contributed by atoms with E-state index < -0.39 is 0 Å². The van der Waals surface area contributed by atoms with E-state index in [4.69, 9.17) is 0 Å². The molecule has 0 bridgehead atoms. The molecular weight excluding hydrogens is 252 g/mol. The van der Waals surface area contributed by atoms with Gasteiger partial charge in [-0.25, -0.2) is 9.97 Å². The fourth-order valence-electron chi connectivity index (χ4n) is 2.42. The molecule has 1 aliphatic carbocycles. The van der Waals surface area contributed by atoms with Gasteiger partial charge in [0.1, 0.15) is 17.8 Å². The van der Waals surface area contributed by atoms with Crippen LogP contribution >= 0.6 is 0 Å². The first-order valence-electron chi connectivity index (χ1n) is 7.58. The third kappa shape index (κ3) is 4.18. The molecule has 0 saturated heterocycles. The van der Waals surface area contributed by atoms with Gasteiger partial charge in [0.15, 0.2) is 0 Å². The van der Waals surface area contributed by atoms with E-state index in [1.54, 1.807) is 6.07 Å². The minimum Gasteiger partial charge on any atom is -0.367 e. The molecule has 110 valence electrons. The summed E-state index contributed by atoms with van der Waals surface area (Å²) in [5, 5.41) is 6.33. The maximum absolute atomic E-state index is 12.0. The van der Waals surface area contributed by atoms with E-state index in [1.807, 2.05) is 13.8 Å². The van der Waals surface area contributed by atoms with Crippen LogP contribution in [0.5, 0.6) is 0 Å². The predicted octanol–water partition coefficient (Wildman–Crippen LogP) is 2.75. The quantitative estimate of drug-likeness (QED) is 0.867. The highest BCUT2D eigenvalue weighted by molar-refractivity contribution is 5.93. The highest BCUT2D eigenvalue weighted by atomic mass is 16.1. The summed E-state index contributed by atoms with van der Waals surface area (Å²) in [6.45, 7) is 4.03. The van der Waals surface area contributed by atoms with Crippen LogP contribution in [0.2, 0.25) is 0 Å². The molecule has 5 heteroatoms. The molecule has 5 nitrogen and oxygen atoms in total. The van der Waals surface area contributed by atoms with Gasteiger partial charge in [-0.05, 0) is 26.2 Å². The van der Waals surface area contributed by atoms with Crippen molar-refractivity contribution in [3.63, 3.8) is 0 Å². The number of rotatable bonds is 5. The lowest BCUT2D eigenvalue weighted by Crippen LogP contribution is -2.32. The predicted molar refractivity (Wildman–Crippen MR) is 79.7 cm³/mol. The normalized spacial score (nSPS) is 17.5. The maximum atomic E-state index is 12.0. The number of hydrogen-bond acceptors (Lipinski definition) is 4. The molecule has 1 saturated carbocycles. The Morgan fingerprint density at radius 2 is 2.10 bits per heavy atom. The van der Waals surface area contributed by atoms with Crippen molar-refractivity contribution in [3.8, 4) is 0 Å². The Morgan fingerprint density at radius 3 is 2.80 bits per heavy atom. The van der Waals surface area contributed by atoms with Crippen molar-refractivity contribution < 1.29 is 4.79 Å². The van der Waals surface area contributed by atoms with Crippen LogP contribution in [0, 0.1) is 0 Å². The maximum Gasteiger partial charge on any atom is 0.270 e. The molecule has 20 heavy (non-hydrogen) atoms. The average molecular weight is 276 g/mol. The van der Waals surface area contributed by atoms with Crippen molar-refractivity contribution in [2.24, 2.45) is 0 Å². The zero-order valence-corrected chi connectivity index (χ0v) is 12.4. The van der Waals surface area contributed by atoms with Crippen LogP contribution < -0.4 is 10.6 Å². The summed E-state index contributed by atoms with van der Waals surface area (Å²) in [7, 11) is 0. The molecule has 1 aliphatic rings. The third-order valence-corrected chi connectivity index (χ3v) is 3.85. The summed E-state index contributed by atoms with van der Waals surface area (Å²) < 4.78 is 0. The van der Waals surface area contributed by atoms with Crippen LogP contribution in [-0.4, -0.2) is 28.0 Å². The number of amides is 1. The Kier molecular flexibility index (Phi) is 5.32. The average Bonchev–Trinajstić information content (AvgIpc) is 2.48. The number of carbonyl (C=O) groups is 1. The zero-order chi connectivity index (χ0) is 14.4. The van der Waals surface area contributed by atoms with Crippen molar-refractivity contribution >= 4 is 11.7 Å². The monoisotopic (exact) mass is 276 g/mol. The first-order valence-corrected chi connectivity index (χ1v) is 7.58. The molecule has 1 aromatic heterocycles. The number of hydrogen-bond donors (Lipinski definition) is 2. The summed E-state index contributed by atoms with van der Waals surface area (Å²) in [4.78, 5) is 20.3. The van der Waals surface area contributed by atoms with Crippen molar-refractivity contribution in [3.05, 3.63) is 18.1 Å². The topological polar surface area (TPSA) is 66.9 Å². The molecule has 0 aromatic carbocycles. The molecule has 0 aliphatic heterocycles. The molecule has 0 radical (unpaired) electrons. The van der Waals surface area contributed by atoms with E-state index in [2.05, 4.69) is 20.6 Å². The Hall–Kier alpha value is -1.65. The first-order chi connectivity index (χ1) is 9.69. The molecule has 1 atom stereocenters. The van der Waals surface area contributed by atoms with Crippen LogP contribution in [0.3, 0.4) is 0 Å². The number of carbonyl (C=O) groups excluding carboxylic acids is 1. The first kappa shape index (κ1) is 14.8. The van der Waals surface area contributed by atoms with Gasteiger partial charge in [-0.1, -0.05) is 26.2 Å². The zero-order valence-electron chi connectivity index (χ0n) is 12.4. The second-order valence-electron chi connectivity index (χ2n) is 5.55. The SMILES string of the molecule is CCC(C)NC(=O)c1cc(NC2CCCCC2)ncn1. The number of nitrogens with one attached hydrogen (secondary N) is 2. The summed E-state index contributed by atoms with van der Waals surface area (Å²) in [5.74, 6) is 0.620. The van der Waals surface area contributed by atoms with E-state index in [0.717, 1.165) is 12.2 Å². The fourth-order valence-corrected chi connectivity index (χ4v) is 2.42. The Morgan fingerprint density at radius 1 is 1.35 bits per heavy atom. The Bertz CT molecular complexity index is 443. The van der Waals surface area contributed by atoms with E-state index >= 15 is 0 Å². The van der Waals surface area contributed by atoms with E-state index in [0.29, 0.717) is 11.7 Å². The van der Waals surface area contributed by atoms with Gasteiger partial charge in [-0.15, -0.1) is 0 Å². The molecular formula is C15H24N4O. The lowest BCUT2D eigenvalue weighted by Gasteiger charge is -2.23. The summed E-state index contributed by atoms with van der Waals surface area (Å²) in [6.07, 6.45) is 8.58. The summed E-state index contributed by atoms with van der Waals surface area (Å²) in [6, 6.07) is 2.38. The van der Waals surface area contributed by atoms with Crippen LogP contribution in [0.1, 0.15) is 62.9 Å². The molecule has 2 N–H and O–H groups in total. The fraction of sp³-hybridized carbons (Fsp3) is 0.667. The minimum absolute atomic E-state index is 0.131. The van der Waals surface area contributed by atoms with Gasteiger partial charge in [0.2, 0.25) is 0 Å².